The lowest BCUT2D eigenvalue weighted by atomic mass is 9.90. The highest BCUT2D eigenvalue weighted by molar-refractivity contribution is 7.86. The largest absolute Gasteiger partial charge is 0.312 e. The van der Waals surface area contributed by atoms with Crippen molar-refractivity contribution >= 4 is 21.8 Å². The van der Waals surface area contributed by atoms with E-state index < -0.39 is 21.9 Å². The molecule has 114 valence electrons. The molecule has 1 atom stereocenters. The second kappa shape index (κ2) is 5.40. The molecule has 1 aromatic rings. The summed E-state index contributed by atoms with van der Waals surface area (Å²) in [6.07, 6.45) is 4.34. The molecular weight excluding hydrogens is 293 g/mol. The van der Waals surface area contributed by atoms with Crippen molar-refractivity contribution in [2.75, 3.05) is 17.2 Å². The molecule has 0 aromatic heterocycles. The molecule has 0 bridgehead atoms. The molecule has 6 heteroatoms. The van der Waals surface area contributed by atoms with Crippen molar-refractivity contribution in [1.82, 2.24) is 0 Å². The molecule has 1 unspecified atom stereocenters. The van der Waals surface area contributed by atoms with Gasteiger partial charge in [-0.2, -0.15) is 8.42 Å². The van der Waals surface area contributed by atoms with Crippen molar-refractivity contribution in [3.05, 3.63) is 29.3 Å². The monoisotopic (exact) mass is 311 g/mol. The van der Waals surface area contributed by atoms with Crippen LogP contribution >= 0.6 is 0 Å². The first kappa shape index (κ1) is 14.5. The molecule has 1 aliphatic heterocycles. The van der Waals surface area contributed by atoms with Crippen molar-refractivity contribution in [3.63, 3.8) is 0 Å². The molecule has 0 spiro atoms. The maximum Gasteiger partial charge on any atom is 0.302 e. The normalized spacial score (nSPS) is 22.4. The Kier molecular flexibility index (Phi) is 3.73. The zero-order valence-electron chi connectivity index (χ0n) is 11.7. The lowest BCUT2D eigenvalue weighted by Crippen LogP contribution is -2.27. The van der Waals surface area contributed by atoms with Gasteiger partial charge in [-0.1, -0.05) is 12.1 Å². The predicted octanol–water partition coefficient (Wildman–Crippen LogP) is 2.22. The van der Waals surface area contributed by atoms with Crippen molar-refractivity contribution in [3.8, 4) is 0 Å². The van der Waals surface area contributed by atoms with E-state index in [0.717, 1.165) is 31.4 Å². The zero-order chi connectivity index (χ0) is 15.0. The number of nitrogens with zero attached hydrogens (tertiary/aromatic N) is 1. The summed E-state index contributed by atoms with van der Waals surface area (Å²) in [6.45, 7) is 0.290. The summed E-state index contributed by atoms with van der Waals surface area (Å²) in [4.78, 5) is 13.8. The van der Waals surface area contributed by atoms with Gasteiger partial charge >= 0.3 is 10.2 Å². The number of carbonyl (C=O) groups is 1. The fraction of sp³-hybridized carbons (Fsp3) is 0.533. The van der Waals surface area contributed by atoms with Gasteiger partial charge < -0.3 is 4.90 Å². The van der Waals surface area contributed by atoms with Crippen LogP contribution in [0.5, 0.6) is 0 Å². The van der Waals surface area contributed by atoms with Crippen LogP contribution in [0.25, 0.3) is 0 Å². The van der Waals surface area contributed by atoms with E-state index in [4.69, 9.17) is 0 Å². The maximum absolute atomic E-state index is 12.8. The number of fused-ring (bicyclic) bond motifs is 1. The van der Waals surface area contributed by atoms with Gasteiger partial charge in [-0.05, 0) is 42.9 Å². The summed E-state index contributed by atoms with van der Waals surface area (Å²) in [5, 5.41) is 0. The first-order chi connectivity index (χ1) is 9.94. The summed E-state index contributed by atoms with van der Waals surface area (Å²) in [7, 11) is -4.53. The Labute approximate surface area is 124 Å². The molecule has 3 rings (SSSR count). The molecule has 1 amide bonds. The van der Waals surface area contributed by atoms with Crippen LogP contribution in [-0.2, 0) is 27.9 Å². The number of hydrogen-bond donors (Lipinski definition) is 0. The Morgan fingerprint density at radius 1 is 1.24 bits per heavy atom. The van der Waals surface area contributed by atoms with Crippen LogP contribution in [0.1, 0.15) is 30.4 Å². The maximum atomic E-state index is 12.8. The molecule has 0 radical (unpaired) electrons. The van der Waals surface area contributed by atoms with Crippen molar-refractivity contribution < 1.29 is 17.1 Å². The summed E-state index contributed by atoms with van der Waals surface area (Å²) in [5.74, 6) is -1.13. The van der Waals surface area contributed by atoms with Gasteiger partial charge in [-0.25, -0.2) is 0 Å². The third-order valence-corrected chi connectivity index (χ3v) is 5.17. The Hall–Kier alpha value is -1.43. The van der Waals surface area contributed by atoms with Gasteiger partial charge in [0.1, 0.15) is 0 Å². The number of aryl methyl sites for hydroxylation is 1. The van der Waals surface area contributed by atoms with E-state index in [1.165, 1.54) is 11.1 Å². The zero-order valence-corrected chi connectivity index (χ0v) is 12.5. The molecule has 1 heterocycles. The minimum Gasteiger partial charge on any atom is -0.312 e. The number of halogens is 1. The van der Waals surface area contributed by atoms with E-state index in [1.807, 2.05) is 12.1 Å². The molecule has 1 aliphatic carbocycles. The first-order valence-electron chi connectivity index (χ1n) is 7.27. The van der Waals surface area contributed by atoms with Gasteiger partial charge in [-0.3, -0.25) is 4.79 Å². The van der Waals surface area contributed by atoms with Crippen LogP contribution in [0.15, 0.2) is 18.2 Å². The first-order valence-corrected chi connectivity index (χ1v) is 8.83. The highest BCUT2D eigenvalue weighted by Crippen LogP contribution is 2.34. The smallest absolute Gasteiger partial charge is 0.302 e. The van der Waals surface area contributed by atoms with Gasteiger partial charge in [0.2, 0.25) is 5.91 Å². The average molecular weight is 311 g/mol. The molecule has 1 aromatic carbocycles. The summed E-state index contributed by atoms with van der Waals surface area (Å²) in [6, 6.07) is 5.93. The Bertz CT molecular complexity index is 671. The van der Waals surface area contributed by atoms with E-state index in [9.17, 15) is 17.1 Å². The average Bonchev–Trinajstić information content (AvgIpc) is 2.76. The highest BCUT2D eigenvalue weighted by Gasteiger charge is 2.34. The Morgan fingerprint density at radius 3 is 2.76 bits per heavy atom. The molecule has 0 N–H and O–H groups in total. The fourth-order valence-corrected chi connectivity index (χ4v) is 4.21. The van der Waals surface area contributed by atoms with Gasteiger partial charge in [0.15, 0.2) is 0 Å². The molecule has 1 saturated heterocycles. The van der Waals surface area contributed by atoms with Crippen LogP contribution in [0.2, 0.25) is 0 Å². The van der Waals surface area contributed by atoms with Crippen LogP contribution < -0.4 is 4.90 Å². The van der Waals surface area contributed by atoms with Gasteiger partial charge in [-0.15, -0.1) is 3.89 Å². The number of carbonyl (C=O) groups excluding carboxylic acids is 1. The number of rotatable bonds is 3. The third-order valence-electron chi connectivity index (χ3n) is 4.30. The SMILES string of the molecule is O=C1CC(CS(=O)(=O)F)CN1c1cccc2c1CCCC2. The van der Waals surface area contributed by atoms with E-state index in [1.54, 1.807) is 4.90 Å². The van der Waals surface area contributed by atoms with E-state index >= 15 is 0 Å². The predicted molar refractivity (Wildman–Crippen MR) is 78.4 cm³/mol. The molecule has 2 aliphatic rings. The van der Waals surface area contributed by atoms with Gasteiger partial charge in [0, 0.05) is 24.6 Å². The van der Waals surface area contributed by atoms with Crippen molar-refractivity contribution in [2.24, 2.45) is 5.92 Å². The quantitative estimate of drug-likeness (QED) is 0.804. The Balaban J connectivity index is 1.86. The third kappa shape index (κ3) is 3.10. The fourth-order valence-electron chi connectivity index (χ4n) is 3.42. The van der Waals surface area contributed by atoms with E-state index in [0.29, 0.717) is 6.54 Å². The number of amides is 1. The number of benzene rings is 1. The van der Waals surface area contributed by atoms with Crippen molar-refractivity contribution in [2.45, 2.75) is 32.1 Å². The van der Waals surface area contributed by atoms with Crippen LogP contribution in [-0.4, -0.2) is 26.6 Å². The second-order valence-corrected chi connectivity index (χ2v) is 7.31. The molecule has 4 nitrogen and oxygen atoms in total. The second-order valence-electron chi connectivity index (χ2n) is 5.90. The lowest BCUT2D eigenvalue weighted by molar-refractivity contribution is -0.117. The Morgan fingerprint density at radius 2 is 2.00 bits per heavy atom. The van der Waals surface area contributed by atoms with Crippen molar-refractivity contribution in [1.29, 1.82) is 0 Å². The molecule has 1 fully saturated rings. The summed E-state index contributed by atoms with van der Waals surface area (Å²) < 4.78 is 34.4. The van der Waals surface area contributed by atoms with Gasteiger partial charge in [0.05, 0.1) is 5.75 Å². The molecule has 0 saturated carbocycles. The highest BCUT2D eigenvalue weighted by atomic mass is 32.3. The number of anilines is 1. The summed E-state index contributed by atoms with van der Waals surface area (Å²) >= 11 is 0. The van der Waals surface area contributed by atoms with Crippen LogP contribution in [0.3, 0.4) is 0 Å². The number of hydrogen-bond acceptors (Lipinski definition) is 3. The van der Waals surface area contributed by atoms with Crippen LogP contribution in [0, 0.1) is 5.92 Å². The lowest BCUT2D eigenvalue weighted by Gasteiger charge is -2.25. The minimum absolute atomic E-state index is 0.104. The van der Waals surface area contributed by atoms with Gasteiger partial charge in [0.25, 0.3) is 0 Å². The topological polar surface area (TPSA) is 54.5 Å². The van der Waals surface area contributed by atoms with E-state index in [-0.39, 0.29) is 12.3 Å². The van der Waals surface area contributed by atoms with E-state index in [2.05, 4.69) is 6.07 Å². The molecular formula is C15H18FNO3S. The summed E-state index contributed by atoms with van der Waals surface area (Å²) in [5.41, 5.74) is 3.35. The standard InChI is InChI=1S/C15H18FNO3S/c16-21(19,20)10-11-8-15(18)17(9-11)14-7-3-5-12-4-1-2-6-13(12)14/h3,5,7,11H,1-2,4,6,8-10H2. The molecule has 21 heavy (non-hydrogen) atoms. The van der Waals surface area contributed by atoms with Crippen LogP contribution in [0.4, 0.5) is 9.57 Å². The minimum atomic E-state index is -4.53.